The molecular formula is C19H19NO6. The number of ketones is 1. The lowest BCUT2D eigenvalue weighted by atomic mass is 9.99. The molecule has 2 aromatic carbocycles. The first-order valence-corrected chi connectivity index (χ1v) is 7.89. The summed E-state index contributed by atoms with van der Waals surface area (Å²) in [5.41, 5.74) is 1.85. The average molecular weight is 357 g/mol. The van der Waals surface area contributed by atoms with Crippen molar-refractivity contribution in [3.8, 4) is 5.75 Å². The van der Waals surface area contributed by atoms with Crippen LogP contribution in [-0.2, 0) is 4.74 Å². The molecule has 0 bridgehead atoms. The first-order chi connectivity index (χ1) is 12.2. The molecule has 0 aliphatic heterocycles. The molecule has 0 saturated heterocycles. The lowest BCUT2D eigenvalue weighted by molar-refractivity contribution is -0.386. The van der Waals surface area contributed by atoms with Crippen LogP contribution in [0.2, 0.25) is 0 Å². The quantitative estimate of drug-likeness (QED) is 0.339. The minimum absolute atomic E-state index is 0.0278. The molecule has 2 aromatic rings. The van der Waals surface area contributed by atoms with Gasteiger partial charge < -0.3 is 9.47 Å². The van der Waals surface area contributed by atoms with Gasteiger partial charge in [-0.1, -0.05) is 17.7 Å². The van der Waals surface area contributed by atoms with E-state index in [1.165, 1.54) is 26.2 Å². The van der Waals surface area contributed by atoms with Gasteiger partial charge in [0.2, 0.25) is 5.78 Å². The number of benzene rings is 2. The number of carbonyl (C=O) groups excluding carboxylic acids is 2. The molecule has 1 atom stereocenters. The summed E-state index contributed by atoms with van der Waals surface area (Å²) in [6.45, 7) is 5.22. The van der Waals surface area contributed by atoms with Gasteiger partial charge in [-0.2, -0.15) is 0 Å². The van der Waals surface area contributed by atoms with Crippen molar-refractivity contribution in [3.63, 3.8) is 0 Å². The van der Waals surface area contributed by atoms with Gasteiger partial charge in [0.1, 0.15) is 0 Å². The Bertz CT molecular complexity index is 874. The molecule has 2 rings (SSSR count). The zero-order valence-corrected chi connectivity index (χ0v) is 14.9. The molecule has 136 valence electrons. The van der Waals surface area contributed by atoms with Crippen LogP contribution in [0.1, 0.15) is 38.8 Å². The van der Waals surface area contributed by atoms with Crippen molar-refractivity contribution in [2.45, 2.75) is 26.9 Å². The Kier molecular flexibility index (Phi) is 5.71. The smallest absolute Gasteiger partial charge is 0.338 e. The molecule has 0 aromatic heterocycles. The maximum Gasteiger partial charge on any atom is 0.338 e. The van der Waals surface area contributed by atoms with E-state index in [2.05, 4.69) is 4.74 Å². The van der Waals surface area contributed by atoms with Gasteiger partial charge in [-0.3, -0.25) is 14.9 Å². The van der Waals surface area contributed by atoms with Crippen LogP contribution in [0.4, 0.5) is 5.69 Å². The van der Waals surface area contributed by atoms with Crippen molar-refractivity contribution in [2.24, 2.45) is 0 Å². The molecular weight excluding hydrogens is 338 g/mol. The molecule has 0 spiro atoms. The molecule has 0 amide bonds. The first kappa shape index (κ1) is 19.1. The summed E-state index contributed by atoms with van der Waals surface area (Å²) >= 11 is 0. The average Bonchev–Trinajstić information content (AvgIpc) is 2.62. The SMILES string of the molecule is COC(=O)c1ccc(O[C@H](C)C(=O)c2cc(C)ccc2C)c([N+](=O)[O-])c1. The van der Waals surface area contributed by atoms with E-state index in [9.17, 15) is 19.7 Å². The predicted octanol–water partition coefficient (Wildman–Crippen LogP) is 3.65. The van der Waals surface area contributed by atoms with Gasteiger partial charge in [-0.15, -0.1) is 0 Å². The number of Topliss-reactive ketones (excluding diaryl/α,β-unsaturated/α-hetero) is 1. The first-order valence-electron chi connectivity index (χ1n) is 7.89. The molecule has 7 nitrogen and oxygen atoms in total. The fourth-order valence-corrected chi connectivity index (χ4v) is 2.47. The van der Waals surface area contributed by atoms with E-state index < -0.39 is 22.7 Å². The maximum absolute atomic E-state index is 12.7. The topological polar surface area (TPSA) is 95.7 Å². The summed E-state index contributed by atoms with van der Waals surface area (Å²) < 4.78 is 10.1. The van der Waals surface area contributed by atoms with Crippen LogP contribution in [0, 0.1) is 24.0 Å². The zero-order chi connectivity index (χ0) is 19.4. The standard InChI is InChI=1S/C19H19NO6/c1-11-5-6-12(2)15(9-11)18(21)13(3)26-17-8-7-14(19(22)25-4)10-16(17)20(23)24/h5-10,13H,1-4H3/t13-/m1/s1. The lowest BCUT2D eigenvalue weighted by Crippen LogP contribution is -2.25. The van der Waals surface area contributed by atoms with E-state index in [0.29, 0.717) is 5.56 Å². The third-order valence-electron chi connectivity index (χ3n) is 3.91. The Morgan fingerprint density at radius 2 is 1.81 bits per heavy atom. The second-order valence-electron chi connectivity index (χ2n) is 5.87. The number of rotatable bonds is 6. The van der Waals surface area contributed by atoms with Crippen LogP contribution in [0.3, 0.4) is 0 Å². The molecule has 0 aliphatic carbocycles. The Balaban J connectivity index is 2.32. The Labute approximate surface area is 150 Å². The number of methoxy groups -OCH3 is 1. The van der Waals surface area contributed by atoms with Crippen LogP contribution in [0.5, 0.6) is 5.75 Å². The minimum atomic E-state index is -0.932. The molecule has 26 heavy (non-hydrogen) atoms. The Hall–Kier alpha value is -3.22. The van der Waals surface area contributed by atoms with Crippen molar-refractivity contribution < 1.29 is 24.0 Å². The lowest BCUT2D eigenvalue weighted by Gasteiger charge is -2.15. The second kappa shape index (κ2) is 7.77. The molecule has 0 saturated carbocycles. The largest absolute Gasteiger partial charge is 0.475 e. The van der Waals surface area contributed by atoms with Crippen molar-refractivity contribution >= 4 is 17.4 Å². The number of hydrogen-bond acceptors (Lipinski definition) is 6. The highest BCUT2D eigenvalue weighted by atomic mass is 16.6. The Morgan fingerprint density at radius 3 is 2.42 bits per heavy atom. The van der Waals surface area contributed by atoms with Gasteiger partial charge in [0.05, 0.1) is 17.6 Å². The van der Waals surface area contributed by atoms with Crippen molar-refractivity contribution in [1.82, 2.24) is 0 Å². The van der Waals surface area contributed by atoms with E-state index in [1.807, 2.05) is 26.0 Å². The highest BCUT2D eigenvalue weighted by Crippen LogP contribution is 2.30. The summed E-state index contributed by atoms with van der Waals surface area (Å²) in [6.07, 6.45) is -0.932. The Morgan fingerprint density at radius 1 is 1.12 bits per heavy atom. The minimum Gasteiger partial charge on any atom is -0.475 e. The number of hydrogen-bond donors (Lipinski definition) is 0. The van der Waals surface area contributed by atoms with Gasteiger partial charge in [-0.05, 0) is 44.5 Å². The highest BCUT2D eigenvalue weighted by Gasteiger charge is 2.24. The number of carbonyl (C=O) groups is 2. The fraction of sp³-hybridized carbons (Fsp3) is 0.263. The molecule has 0 N–H and O–H groups in total. The van der Waals surface area contributed by atoms with Gasteiger partial charge in [0, 0.05) is 11.6 Å². The van der Waals surface area contributed by atoms with Gasteiger partial charge in [0.25, 0.3) is 0 Å². The van der Waals surface area contributed by atoms with Crippen molar-refractivity contribution in [1.29, 1.82) is 0 Å². The van der Waals surface area contributed by atoms with E-state index in [0.717, 1.165) is 17.2 Å². The molecule has 0 fully saturated rings. The third kappa shape index (κ3) is 4.05. The number of nitro groups is 1. The maximum atomic E-state index is 12.7. The van der Waals surface area contributed by atoms with Gasteiger partial charge >= 0.3 is 11.7 Å². The van der Waals surface area contributed by atoms with Crippen LogP contribution in [-0.4, -0.2) is 29.9 Å². The van der Waals surface area contributed by atoms with Crippen LogP contribution >= 0.6 is 0 Å². The van der Waals surface area contributed by atoms with E-state index in [1.54, 1.807) is 6.07 Å². The number of nitro benzene ring substituents is 1. The van der Waals surface area contributed by atoms with Crippen molar-refractivity contribution in [2.75, 3.05) is 7.11 Å². The molecule has 0 aliphatic rings. The van der Waals surface area contributed by atoms with Crippen LogP contribution in [0.25, 0.3) is 0 Å². The summed E-state index contributed by atoms with van der Waals surface area (Å²) in [7, 11) is 1.18. The summed E-state index contributed by atoms with van der Waals surface area (Å²) in [4.78, 5) is 34.8. The number of nitrogens with zero attached hydrogens (tertiary/aromatic N) is 1. The fourth-order valence-electron chi connectivity index (χ4n) is 2.47. The molecule has 0 heterocycles. The number of esters is 1. The van der Waals surface area contributed by atoms with E-state index in [-0.39, 0.29) is 17.1 Å². The molecule has 0 radical (unpaired) electrons. The molecule has 0 unspecified atom stereocenters. The summed E-state index contributed by atoms with van der Waals surface area (Å²) in [5.74, 6) is -1.06. The van der Waals surface area contributed by atoms with Gasteiger partial charge in [-0.25, -0.2) is 4.79 Å². The summed E-state index contributed by atoms with van der Waals surface area (Å²) in [6, 6.07) is 9.19. The number of aryl methyl sites for hydroxylation is 2. The molecule has 7 heteroatoms. The number of ether oxygens (including phenoxy) is 2. The van der Waals surface area contributed by atoms with Crippen LogP contribution in [0.15, 0.2) is 36.4 Å². The van der Waals surface area contributed by atoms with E-state index >= 15 is 0 Å². The van der Waals surface area contributed by atoms with E-state index in [4.69, 9.17) is 4.74 Å². The predicted molar refractivity (Wildman–Crippen MR) is 94.8 cm³/mol. The normalized spacial score (nSPS) is 11.5. The summed E-state index contributed by atoms with van der Waals surface area (Å²) in [5, 5.41) is 11.3. The third-order valence-corrected chi connectivity index (χ3v) is 3.91. The van der Waals surface area contributed by atoms with Crippen molar-refractivity contribution in [3.05, 3.63) is 68.8 Å². The van der Waals surface area contributed by atoms with Gasteiger partial charge in [0.15, 0.2) is 11.9 Å². The van der Waals surface area contributed by atoms with Crippen LogP contribution < -0.4 is 4.74 Å². The zero-order valence-electron chi connectivity index (χ0n) is 14.9. The second-order valence-corrected chi connectivity index (χ2v) is 5.87. The monoisotopic (exact) mass is 357 g/mol. The highest BCUT2D eigenvalue weighted by molar-refractivity contribution is 6.01.